The minimum Gasteiger partial charge on any atom is -0.465 e. The minimum absolute atomic E-state index is 0.107. The molecule has 0 aromatic heterocycles. The first-order valence-corrected chi connectivity index (χ1v) is 13.4. The molecule has 36 heavy (non-hydrogen) atoms. The molecule has 4 nitrogen and oxygen atoms in total. The average molecular weight is 506 g/mol. The quantitative estimate of drug-likeness (QED) is 0.171. The molecule has 1 N–H and O–H groups in total. The second kappa shape index (κ2) is 15.8. The molecule has 0 bridgehead atoms. The maximum Gasteiger partial charge on any atom is 0.337 e. The Bertz CT molecular complexity index is 1090. The van der Waals surface area contributed by atoms with Gasteiger partial charge >= 0.3 is 5.97 Å². The van der Waals surface area contributed by atoms with Gasteiger partial charge in [0.05, 0.1) is 18.2 Å². The molecular weight excluding hydrogens is 466 g/mol. The summed E-state index contributed by atoms with van der Waals surface area (Å²) in [5.74, 6) is 0.348. The Morgan fingerprint density at radius 1 is 0.861 bits per heavy atom. The summed E-state index contributed by atoms with van der Waals surface area (Å²) in [5, 5.41) is 2.98. The van der Waals surface area contributed by atoms with Crippen molar-refractivity contribution < 1.29 is 14.3 Å². The lowest BCUT2D eigenvalue weighted by molar-refractivity contribution is 0.0600. The van der Waals surface area contributed by atoms with E-state index in [1.54, 1.807) is 23.9 Å². The molecule has 0 aliphatic heterocycles. The van der Waals surface area contributed by atoms with Gasteiger partial charge in [0.15, 0.2) is 0 Å². The van der Waals surface area contributed by atoms with Crippen molar-refractivity contribution in [3.8, 4) is 0 Å². The largest absolute Gasteiger partial charge is 0.465 e. The first kappa shape index (κ1) is 29.2. The summed E-state index contributed by atoms with van der Waals surface area (Å²) in [5.41, 5.74) is 6.28. The number of thioether (sulfide) groups is 1. The molecule has 0 atom stereocenters. The topological polar surface area (TPSA) is 55.4 Å². The van der Waals surface area contributed by atoms with E-state index in [1.807, 2.05) is 36.4 Å². The van der Waals surface area contributed by atoms with E-state index in [0.717, 1.165) is 41.9 Å². The van der Waals surface area contributed by atoms with Crippen molar-refractivity contribution >= 4 is 23.6 Å². The fourth-order valence-corrected chi connectivity index (χ4v) is 4.59. The molecule has 0 radical (unpaired) electrons. The maximum absolute atomic E-state index is 12.9. The van der Waals surface area contributed by atoms with E-state index < -0.39 is 0 Å². The van der Waals surface area contributed by atoms with Gasteiger partial charge in [0.25, 0.3) is 5.91 Å². The van der Waals surface area contributed by atoms with Crippen molar-refractivity contribution in [2.75, 3.05) is 12.9 Å². The molecule has 5 heteroatoms. The van der Waals surface area contributed by atoms with Crippen molar-refractivity contribution in [2.45, 2.75) is 64.8 Å². The van der Waals surface area contributed by atoms with E-state index in [2.05, 4.69) is 51.2 Å². The Balaban J connectivity index is 1.84. The highest BCUT2D eigenvalue weighted by molar-refractivity contribution is 7.99. The molecule has 0 saturated heterocycles. The molecular formula is C31H39NO3S. The lowest BCUT2D eigenvalue weighted by Crippen LogP contribution is -2.23. The van der Waals surface area contributed by atoms with Crippen LogP contribution in [-0.4, -0.2) is 24.7 Å². The van der Waals surface area contributed by atoms with Crippen molar-refractivity contribution in [1.29, 1.82) is 0 Å². The van der Waals surface area contributed by atoms with Gasteiger partial charge in [-0.15, -0.1) is 11.8 Å². The Labute approximate surface area is 220 Å². The van der Waals surface area contributed by atoms with Crippen LogP contribution in [0, 0.1) is 0 Å². The second-order valence-electron chi connectivity index (χ2n) is 9.14. The van der Waals surface area contributed by atoms with Gasteiger partial charge < -0.3 is 10.1 Å². The molecule has 0 aliphatic carbocycles. The zero-order valence-electron chi connectivity index (χ0n) is 22.2. The lowest BCUT2D eigenvalue weighted by atomic mass is 10.1. The van der Waals surface area contributed by atoms with Crippen LogP contribution >= 0.6 is 11.8 Å². The van der Waals surface area contributed by atoms with Crippen LogP contribution in [0.4, 0.5) is 0 Å². The zero-order valence-corrected chi connectivity index (χ0v) is 23.0. The molecule has 0 aliphatic rings. The molecule has 0 fully saturated rings. The van der Waals surface area contributed by atoms with Crippen LogP contribution in [0.15, 0.2) is 88.4 Å². The zero-order chi connectivity index (χ0) is 26.3. The summed E-state index contributed by atoms with van der Waals surface area (Å²) in [4.78, 5) is 25.4. The number of carbonyl (C=O) groups excluding carboxylic acids is 2. The third-order valence-electron chi connectivity index (χ3n) is 5.75. The molecule has 0 saturated carbocycles. The third kappa shape index (κ3) is 10.7. The first-order chi connectivity index (χ1) is 17.3. The van der Waals surface area contributed by atoms with Crippen LogP contribution in [-0.2, 0) is 11.3 Å². The van der Waals surface area contributed by atoms with E-state index in [1.165, 1.54) is 23.8 Å². The molecule has 2 rings (SSSR count). The highest BCUT2D eigenvalue weighted by Crippen LogP contribution is 2.24. The van der Waals surface area contributed by atoms with Crippen LogP contribution in [0.25, 0.3) is 0 Å². The molecule has 1 amide bonds. The fourth-order valence-electron chi connectivity index (χ4n) is 3.55. The van der Waals surface area contributed by atoms with Crippen LogP contribution in [0.1, 0.15) is 79.7 Å². The number of esters is 1. The third-order valence-corrected chi connectivity index (χ3v) is 6.75. The molecule has 2 aromatic rings. The molecule has 0 unspecified atom stereocenters. The van der Waals surface area contributed by atoms with Gasteiger partial charge in [0.1, 0.15) is 0 Å². The second-order valence-corrected chi connectivity index (χ2v) is 10.2. The molecule has 0 heterocycles. The molecule has 2 aromatic carbocycles. The Hall–Kier alpha value is -3.05. The van der Waals surface area contributed by atoms with Gasteiger partial charge in [0.2, 0.25) is 0 Å². The lowest BCUT2D eigenvalue weighted by Gasteiger charge is -2.10. The monoisotopic (exact) mass is 505 g/mol. The van der Waals surface area contributed by atoms with Gasteiger partial charge in [-0.05, 0) is 83.2 Å². The van der Waals surface area contributed by atoms with Crippen LogP contribution in [0.3, 0.4) is 0 Å². The highest BCUT2D eigenvalue weighted by atomic mass is 32.2. The summed E-state index contributed by atoms with van der Waals surface area (Å²) < 4.78 is 4.72. The van der Waals surface area contributed by atoms with Crippen LogP contribution in [0.5, 0.6) is 0 Å². The summed E-state index contributed by atoms with van der Waals surface area (Å²) in [7, 11) is 1.36. The van der Waals surface area contributed by atoms with E-state index >= 15 is 0 Å². The van der Waals surface area contributed by atoms with Crippen LogP contribution in [0.2, 0.25) is 0 Å². The average Bonchev–Trinajstić information content (AvgIpc) is 2.87. The fraction of sp³-hybridized carbons (Fsp3) is 0.355. The smallest absolute Gasteiger partial charge is 0.337 e. The number of rotatable bonds is 13. The normalized spacial score (nSPS) is 11.7. The minimum atomic E-state index is -0.373. The predicted molar refractivity (Wildman–Crippen MR) is 152 cm³/mol. The number of allylic oxidation sites excluding steroid dienone is 5. The Morgan fingerprint density at radius 3 is 2.17 bits per heavy atom. The highest BCUT2D eigenvalue weighted by Gasteiger charge is 2.11. The summed E-state index contributed by atoms with van der Waals surface area (Å²) in [6, 6.07) is 14.7. The van der Waals surface area contributed by atoms with Crippen LogP contribution < -0.4 is 5.32 Å². The molecule has 192 valence electrons. The van der Waals surface area contributed by atoms with E-state index in [-0.39, 0.29) is 11.9 Å². The van der Waals surface area contributed by atoms with Gasteiger partial charge in [-0.3, -0.25) is 4.79 Å². The van der Waals surface area contributed by atoms with E-state index in [9.17, 15) is 9.59 Å². The standard InChI is InChI=1S/C31H39NO3S/c1-23(2)10-8-11-24(3)12-9-13-25(4)20-21-36-29-15-7-6-14-28(29)30(33)32-22-26-16-18-27(19-17-26)31(34)35-5/h6-7,10,12,14-20H,8-9,11,13,21-22H2,1-5H3,(H,32,33). The number of benzene rings is 2. The van der Waals surface area contributed by atoms with Crippen molar-refractivity contribution in [1.82, 2.24) is 5.32 Å². The molecule has 0 spiro atoms. The summed E-state index contributed by atoms with van der Waals surface area (Å²) in [6.45, 7) is 9.07. The van der Waals surface area contributed by atoms with Crippen molar-refractivity contribution in [3.05, 3.63) is 100 Å². The Morgan fingerprint density at radius 2 is 1.50 bits per heavy atom. The number of carbonyl (C=O) groups is 2. The number of methoxy groups -OCH3 is 1. The van der Waals surface area contributed by atoms with Gasteiger partial charge in [-0.25, -0.2) is 4.79 Å². The number of amides is 1. The van der Waals surface area contributed by atoms with E-state index in [4.69, 9.17) is 4.74 Å². The predicted octanol–water partition coefficient (Wildman–Crippen LogP) is 7.91. The van der Waals surface area contributed by atoms with Crippen molar-refractivity contribution in [2.24, 2.45) is 0 Å². The van der Waals surface area contributed by atoms with Gasteiger partial charge in [-0.1, -0.05) is 59.2 Å². The van der Waals surface area contributed by atoms with Gasteiger partial charge in [-0.2, -0.15) is 0 Å². The summed E-state index contributed by atoms with van der Waals surface area (Å²) >= 11 is 1.68. The number of hydrogen-bond acceptors (Lipinski definition) is 4. The van der Waals surface area contributed by atoms with E-state index in [0.29, 0.717) is 17.7 Å². The Kier molecular flexibility index (Phi) is 12.8. The maximum atomic E-state index is 12.9. The van der Waals surface area contributed by atoms with Gasteiger partial charge in [0, 0.05) is 17.2 Å². The summed E-state index contributed by atoms with van der Waals surface area (Å²) in [6.07, 6.45) is 11.3. The first-order valence-electron chi connectivity index (χ1n) is 12.4. The number of ether oxygens (including phenoxy) is 1. The number of hydrogen-bond donors (Lipinski definition) is 1. The van der Waals surface area contributed by atoms with Crippen molar-refractivity contribution in [3.63, 3.8) is 0 Å². The number of nitrogens with one attached hydrogen (secondary N) is 1. The SMILES string of the molecule is COC(=O)c1ccc(CNC(=O)c2ccccc2SCC=C(C)CCC=C(C)CCC=C(C)C)cc1.